The summed E-state index contributed by atoms with van der Waals surface area (Å²) in [4.78, 5) is 4.63. The number of methoxy groups -OCH3 is 2. The second kappa shape index (κ2) is 10.6. The fraction of sp³-hybridized carbons (Fsp3) is 0.588. The van der Waals surface area contributed by atoms with Gasteiger partial charge >= 0.3 is 0 Å². The van der Waals surface area contributed by atoms with Gasteiger partial charge in [-0.25, -0.2) is 0 Å². The molecular weight excluding hydrogens is 405 g/mol. The third-order valence-electron chi connectivity index (χ3n) is 3.73. The van der Waals surface area contributed by atoms with Crippen molar-refractivity contribution in [3.8, 4) is 11.5 Å². The van der Waals surface area contributed by atoms with Gasteiger partial charge in [-0.3, -0.25) is 4.99 Å². The van der Waals surface area contributed by atoms with E-state index in [0.29, 0.717) is 5.75 Å². The van der Waals surface area contributed by atoms with Crippen LogP contribution in [0.25, 0.3) is 0 Å². The SMILES string of the molecule is CCNC(=NCCCC1CC1)Nc1ccc(OC)c(OC)c1.I. The summed E-state index contributed by atoms with van der Waals surface area (Å²) < 4.78 is 10.6. The Hall–Kier alpha value is -1.18. The predicted octanol–water partition coefficient (Wildman–Crippen LogP) is 3.89. The van der Waals surface area contributed by atoms with Gasteiger partial charge in [0.25, 0.3) is 0 Å². The van der Waals surface area contributed by atoms with E-state index in [0.717, 1.165) is 42.8 Å². The van der Waals surface area contributed by atoms with Crippen LogP contribution < -0.4 is 20.1 Å². The summed E-state index contributed by atoms with van der Waals surface area (Å²) in [6, 6.07) is 5.76. The molecule has 0 bridgehead atoms. The summed E-state index contributed by atoms with van der Waals surface area (Å²) in [7, 11) is 3.27. The van der Waals surface area contributed by atoms with Crippen LogP contribution in [0.5, 0.6) is 11.5 Å². The lowest BCUT2D eigenvalue weighted by molar-refractivity contribution is 0.355. The van der Waals surface area contributed by atoms with Crippen molar-refractivity contribution in [2.24, 2.45) is 10.9 Å². The van der Waals surface area contributed by atoms with Crippen molar-refractivity contribution < 1.29 is 9.47 Å². The monoisotopic (exact) mass is 433 g/mol. The van der Waals surface area contributed by atoms with Crippen LogP contribution in [0.2, 0.25) is 0 Å². The van der Waals surface area contributed by atoms with E-state index in [1.807, 2.05) is 18.2 Å². The lowest BCUT2D eigenvalue weighted by Gasteiger charge is -2.13. The molecule has 0 unspecified atom stereocenters. The predicted molar refractivity (Wildman–Crippen MR) is 107 cm³/mol. The van der Waals surface area contributed by atoms with Gasteiger partial charge in [0.15, 0.2) is 17.5 Å². The minimum atomic E-state index is 0. The highest BCUT2D eigenvalue weighted by Gasteiger charge is 2.19. The molecule has 5 nitrogen and oxygen atoms in total. The first-order chi connectivity index (χ1) is 10.8. The van der Waals surface area contributed by atoms with E-state index in [9.17, 15) is 0 Å². The maximum atomic E-state index is 5.32. The zero-order chi connectivity index (χ0) is 15.8. The number of rotatable bonds is 8. The fourth-order valence-corrected chi connectivity index (χ4v) is 2.34. The quantitative estimate of drug-likeness (QED) is 0.283. The molecule has 0 aliphatic heterocycles. The van der Waals surface area contributed by atoms with Gasteiger partial charge in [0.05, 0.1) is 14.2 Å². The Kier molecular flexibility index (Phi) is 9.13. The summed E-state index contributed by atoms with van der Waals surface area (Å²) in [5.41, 5.74) is 0.930. The van der Waals surface area contributed by atoms with E-state index in [1.165, 1.54) is 19.3 Å². The van der Waals surface area contributed by atoms with Gasteiger partial charge in [0, 0.05) is 24.8 Å². The first-order valence-electron chi connectivity index (χ1n) is 8.04. The van der Waals surface area contributed by atoms with Gasteiger partial charge in [-0.2, -0.15) is 0 Å². The Bertz CT molecular complexity index is 505. The molecule has 1 aliphatic carbocycles. The molecule has 2 N–H and O–H groups in total. The molecule has 1 aromatic rings. The van der Waals surface area contributed by atoms with Crippen molar-refractivity contribution in [1.82, 2.24) is 5.32 Å². The number of nitrogens with zero attached hydrogens (tertiary/aromatic N) is 1. The van der Waals surface area contributed by atoms with E-state index in [-0.39, 0.29) is 24.0 Å². The van der Waals surface area contributed by atoms with Crippen LogP contribution in [0.15, 0.2) is 23.2 Å². The maximum absolute atomic E-state index is 5.32. The number of nitrogens with one attached hydrogen (secondary N) is 2. The molecule has 0 amide bonds. The minimum Gasteiger partial charge on any atom is -0.493 e. The molecule has 0 aromatic heterocycles. The number of guanidine groups is 1. The van der Waals surface area contributed by atoms with Crippen LogP contribution in [-0.2, 0) is 0 Å². The number of ether oxygens (including phenoxy) is 2. The van der Waals surface area contributed by atoms with Crippen LogP contribution in [-0.4, -0.2) is 33.3 Å². The highest BCUT2D eigenvalue weighted by Crippen LogP contribution is 2.33. The molecule has 0 heterocycles. The van der Waals surface area contributed by atoms with Crippen LogP contribution in [0.4, 0.5) is 5.69 Å². The molecule has 1 fully saturated rings. The number of anilines is 1. The molecule has 1 aromatic carbocycles. The third-order valence-corrected chi connectivity index (χ3v) is 3.73. The Morgan fingerprint density at radius 3 is 2.57 bits per heavy atom. The number of hydrogen-bond donors (Lipinski definition) is 2. The van der Waals surface area contributed by atoms with Gasteiger partial charge in [0.2, 0.25) is 0 Å². The summed E-state index contributed by atoms with van der Waals surface area (Å²) in [6.45, 7) is 3.76. The van der Waals surface area contributed by atoms with Crippen molar-refractivity contribution in [2.75, 3.05) is 32.6 Å². The third kappa shape index (κ3) is 6.85. The van der Waals surface area contributed by atoms with Crippen LogP contribution in [0, 0.1) is 5.92 Å². The van der Waals surface area contributed by atoms with Gasteiger partial charge in [0.1, 0.15) is 0 Å². The normalized spacial score (nSPS) is 14.0. The Morgan fingerprint density at radius 1 is 1.22 bits per heavy atom. The van der Waals surface area contributed by atoms with Crippen LogP contribution in [0.3, 0.4) is 0 Å². The molecule has 0 atom stereocenters. The van der Waals surface area contributed by atoms with Crippen molar-refractivity contribution in [2.45, 2.75) is 32.6 Å². The summed E-state index contributed by atoms with van der Waals surface area (Å²) in [5, 5.41) is 6.58. The molecule has 0 spiro atoms. The van der Waals surface area contributed by atoms with Gasteiger partial charge < -0.3 is 20.1 Å². The molecule has 1 saturated carbocycles. The van der Waals surface area contributed by atoms with Crippen molar-refractivity contribution >= 4 is 35.6 Å². The summed E-state index contributed by atoms with van der Waals surface area (Å²) in [6.07, 6.45) is 5.29. The first kappa shape index (κ1) is 19.9. The van der Waals surface area contributed by atoms with Crippen molar-refractivity contribution in [1.29, 1.82) is 0 Å². The number of benzene rings is 1. The van der Waals surface area contributed by atoms with Gasteiger partial charge in [-0.1, -0.05) is 12.8 Å². The topological polar surface area (TPSA) is 54.9 Å². The molecule has 0 radical (unpaired) electrons. The zero-order valence-corrected chi connectivity index (χ0v) is 16.6. The van der Waals surface area contributed by atoms with Crippen molar-refractivity contribution in [3.05, 3.63) is 18.2 Å². The lowest BCUT2D eigenvalue weighted by Crippen LogP contribution is -2.30. The minimum absolute atomic E-state index is 0. The van der Waals surface area contributed by atoms with E-state index in [2.05, 4.69) is 22.5 Å². The number of aliphatic imine (C=N–C) groups is 1. The maximum Gasteiger partial charge on any atom is 0.195 e. The summed E-state index contributed by atoms with van der Waals surface area (Å²) >= 11 is 0. The number of halogens is 1. The average Bonchev–Trinajstić information content (AvgIpc) is 3.35. The Balaban J connectivity index is 0.00000264. The van der Waals surface area contributed by atoms with Gasteiger partial charge in [-0.05, 0) is 37.8 Å². The highest BCUT2D eigenvalue weighted by atomic mass is 127. The van der Waals surface area contributed by atoms with E-state index in [1.54, 1.807) is 14.2 Å². The zero-order valence-electron chi connectivity index (χ0n) is 14.2. The largest absolute Gasteiger partial charge is 0.493 e. The van der Waals surface area contributed by atoms with E-state index < -0.39 is 0 Å². The molecule has 6 heteroatoms. The molecule has 23 heavy (non-hydrogen) atoms. The van der Waals surface area contributed by atoms with Crippen molar-refractivity contribution in [3.63, 3.8) is 0 Å². The Labute approximate surface area is 156 Å². The average molecular weight is 433 g/mol. The standard InChI is InChI=1S/C17H27N3O2.HI/c1-4-18-17(19-11-5-6-13-7-8-13)20-14-9-10-15(21-2)16(12-14)22-3;/h9-10,12-13H,4-8,11H2,1-3H3,(H2,18,19,20);1H. The first-order valence-corrected chi connectivity index (χ1v) is 8.04. The molecule has 130 valence electrons. The van der Waals surface area contributed by atoms with Crippen LogP contribution >= 0.6 is 24.0 Å². The second-order valence-corrected chi connectivity index (χ2v) is 5.54. The molecule has 1 aliphatic rings. The summed E-state index contributed by atoms with van der Waals surface area (Å²) in [5.74, 6) is 3.21. The van der Waals surface area contributed by atoms with Crippen LogP contribution in [0.1, 0.15) is 32.6 Å². The van der Waals surface area contributed by atoms with E-state index >= 15 is 0 Å². The molecular formula is C17H28IN3O2. The smallest absolute Gasteiger partial charge is 0.195 e. The van der Waals surface area contributed by atoms with E-state index in [4.69, 9.17) is 9.47 Å². The molecule has 0 saturated heterocycles. The molecule has 2 rings (SSSR count). The second-order valence-electron chi connectivity index (χ2n) is 5.54. The number of hydrogen-bond acceptors (Lipinski definition) is 3. The fourth-order valence-electron chi connectivity index (χ4n) is 2.34. The Morgan fingerprint density at radius 2 is 1.96 bits per heavy atom. The van der Waals surface area contributed by atoms with Gasteiger partial charge in [-0.15, -0.1) is 24.0 Å². The highest BCUT2D eigenvalue weighted by molar-refractivity contribution is 14.0. The lowest BCUT2D eigenvalue weighted by atomic mass is 10.2.